The largest absolute Gasteiger partial charge is 0.298 e. The molecule has 0 aromatic carbocycles. The zero-order valence-corrected chi connectivity index (χ0v) is 15.8. The number of hydrogen-bond acceptors (Lipinski definition) is 1. The molecule has 0 saturated carbocycles. The quantitative estimate of drug-likeness (QED) is 0.300. The summed E-state index contributed by atoms with van der Waals surface area (Å²) in [6, 6.07) is 0. The van der Waals surface area contributed by atoms with E-state index in [0.717, 1.165) is 0 Å². The van der Waals surface area contributed by atoms with Gasteiger partial charge in [0.05, 0.1) is 0 Å². The summed E-state index contributed by atoms with van der Waals surface area (Å²) >= 11 is 0. The highest BCUT2D eigenvalue weighted by atomic mass is 15.2. The van der Waals surface area contributed by atoms with Gasteiger partial charge in [-0.05, 0) is 46.2 Å². The molecule has 0 N–H and O–H groups in total. The van der Waals surface area contributed by atoms with Crippen LogP contribution >= 0.6 is 0 Å². The van der Waals surface area contributed by atoms with Crippen LogP contribution in [0.5, 0.6) is 0 Å². The lowest BCUT2D eigenvalue weighted by atomic mass is 9.93. The summed E-state index contributed by atoms with van der Waals surface area (Å²) < 4.78 is 0. The van der Waals surface area contributed by atoms with Gasteiger partial charge in [0.15, 0.2) is 0 Å². The lowest BCUT2D eigenvalue weighted by molar-refractivity contribution is 0.103. The van der Waals surface area contributed by atoms with E-state index in [1.807, 2.05) is 0 Å². The van der Waals surface area contributed by atoms with Crippen molar-refractivity contribution in [2.75, 3.05) is 13.1 Å². The van der Waals surface area contributed by atoms with Crippen molar-refractivity contribution in [2.45, 2.75) is 117 Å². The molecule has 128 valence electrons. The average molecular weight is 298 g/mol. The van der Waals surface area contributed by atoms with Crippen LogP contribution in [0.1, 0.15) is 112 Å². The fourth-order valence-electron chi connectivity index (χ4n) is 3.14. The Morgan fingerprint density at radius 2 is 1.00 bits per heavy atom. The molecule has 1 heteroatoms. The predicted molar refractivity (Wildman–Crippen MR) is 98.1 cm³/mol. The zero-order chi connectivity index (χ0) is 16.0. The first-order chi connectivity index (χ1) is 10.1. The number of rotatable bonds is 15. The van der Waals surface area contributed by atoms with E-state index < -0.39 is 0 Å². The minimum absolute atomic E-state index is 0.397. The predicted octanol–water partition coefficient (Wildman–Crippen LogP) is 6.81. The lowest BCUT2D eigenvalue weighted by Crippen LogP contribution is -2.45. The minimum atomic E-state index is 0.397. The molecule has 0 fully saturated rings. The van der Waals surface area contributed by atoms with Crippen LogP contribution in [0, 0.1) is 0 Å². The van der Waals surface area contributed by atoms with Gasteiger partial charge in [0.2, 0.25) is 0 Å². The number of hydrogen-bond donors (Lipinski definition) is 0. The first-order valence-corrected chi connectivity index (χ1v) is 9.83. The summed E-state index contributed by atoms with van der Waals surface area (Å²) in [4.78, 5) is 2.79. The second-order valence-corrected chi connectivity index (χ2v) is 7.38. The van der Waals surface area contributed by atoms with Crippen molar-refractivity contribution in [1.82, 2.24) is 4.90 Å². The molecule has 0 unspecified atom stereocenters. The second kappa shape index (κ2) is 13.6. The van der Waals surface area contributed by atoms with Gasteiger partial charge >= 0.3 is 0 Å². The standard InChI is InChI=1S/C20H43N/c1-6-9-12-13-14-17-20(4,5)21(18-15-10-7-2)19-16-11-8-3/h6-19H2,1-5H3. The van der Waals surface area contributed by atoms with E-state index >= 15 is 0 Å². The second-order valence-electron chi connectivity index (χ2n) is 7.38. The van der Waals surface area contributed by atoms with Gasteiger partial charge in [0, 0.05) is 5.54 Å². The van der Waals surface area contributed by atoms with E-state index in [0.29, 0.717) is 5.54 Å². The van der Waals surface area contributed by atoms with Crippen molar-refractivity contribution in [3.8, 4) is 0 Å². The normalized spacial score (nSPS) is 12.3. The van der Waals surface area contributed by atoms with Crippen molar-refractivity contribution in [1.29, 1.82) is 0 Å². The van der Waals surface area contributed by atoms with Crippen molar-refractivity contribution in [3.63, 3.8) is 0 Å². The lowest BCUT2D eigenvalue weighted by Gasteiger charge is -2.39. The molecule has 0 saturated heterocycles. The van der Waals surface area contributed by atoms with Crippen LogP contribution in [-0.4, -0.2) is 23.5 Å². The van der Waals surface area contributed by atoms with Gasteiger partial charge in [0.25, 0.3) is 0 Å². The Labute approximate surface area is 135 Å². The molecule has 0 aliphatic carbocycles. The Morgan fingerprint density at radius 3 is 1.48 bits per heavy atom. The molecule has 0 radical (unpaired) electrons. The molecule has 0 aromatic heterocycles. The van der Waals surface area contributed by atoms with Crippen molar-refractivity contribution < 1.29 is 0 Å². The van der Waals surface area contributed by atoms with Gasteiger partial charge in [-0.1, -0.05) is 78.6 Å². The van der Waals surface area contributed by atoms with Gasteiger partial charge < -0.3 is 0 Å². The van der Waals surface area contributed by atoms with E-state index in [9.17, 15) is 0 Å². The molecular formula is C20H43N. The molecular weight excluding hydrogens is 254 g/mol. The average Bonchev–Trinajstić information content (AvgIpc) is 2.45. The summed E-state index contributed by atoms with van der Waals surface area (Å²) in [6.45, 7) is 14.5. The van der Waals surface area contributed by atoms with Gasteiger partial charge in [0.1, 0.15) is 0 Å². The van der Waals surface area contributed by atoms with Gasteiger partial charge in [-0.3, -0.25) is 4.90 Å². The Morgan fingerprint density at radius 1 is 0.571 bits per heavy atom. The van der Waals surface area contributed by atoms with Gasteiger partial charge in [-0.25, -0.2) is 0 Å². The van der Waals surface area contributed by atoms with E-state index in [2.05, 4.69) is 39.5 Å². The number of nitrogens with zero attached hydrogens (tertiary/aromatic N) is 1. The maximum Gasteiger partial charge on any atom is 0.0153 e. The summed E-state index contributed by atoms with van der Waals surface area (Å²) in [5, 5.41) is 0. The smallest absolute Gasteiger partial charge is 0.0153 e. The van der Waals surface area contributed by atoms with E-state index in [4.69, 9.17) is 0 Å². The maximum absolute atomic E-state index is 2.79. The third-order valence-electron chi connectivity index (χ3n) is 4.81. The van der Waals surface area contributed by atoms with Crippen LogP contribution in [0.4, 0.5) is 0 Å². The van der Waals surface area contributed by atoms with Crippen LogP contribution in [-0.2, 0) is 0 Å². The SMILES string of the molecule is CCCCCCCC(C)(C)N(CCCCC)CCCCC. The minimum Gasteiger partial charge on any atom is -0.298 e. The molecule has 0 aliphatic heterocycles. The first-order valence-electron chi connectivity index (χ1n) is 9.83. The highest BCUT2D eigenvalue weighted by Gasteiger charge is 2.25. The van der Waals surface area contributed by atoms with Gasteiger partial charge in [-0.2, -0.15) is 0 Å². The van der Waals surface area contributed by atoms with E-state index in [-0.39, 0.29) is 0 Å². The fraction of sp³-hybridized carbons (Fsp3) is 1.00. The molecule has 0 atom stereocenters. The molecule has 0 bridgehead atoms. The highest BCUT2D eigenvalue weighted by molar-refractivity contribution is 4.81. The van der Waals surface area contributed by atoms with Gasteiger partial charge in [-0.15, -0.1) is 0 Å². The summed E-state index contributed by atoms with van der Waals surface area (Å²) in [5.74, 6) is 0. The van der Waals surface area contributed by atoms with Crippen molar-refractivity contribution in [2.24, 2.45) is 0 Å². The van der Waals surface area contributed by atoms with Crippen molar-refractivity contribution >= 4 is 0 Å². The third kappa shape index (κ3) is 11.2. The van der Waals surface area contributed by atoms with Crippen molar-refractivity contribution in [3.05, 3.63) is 0 Å². The molecule has 0 spiro atoms. The summed E-state index contributed by atoms with van der Waals surface area (Å²) in [5.41, 5.74) is 0.397. The molecule has 0 aliphatic rings. The number of unbranched alkanes of at least 4 members (excludes halogenated alkanes) is 8. The zero-order valence-electron chi connectivity index (χ0n) is 15.8. The Kier molecular flexibility index (Phi) is 13.6. The Balaban J connectivity index is 4.18. The summed E-state index contributed by atoms with van der Waals surface area (Å²) in [7, 11) is 0. The topological polar surface area (TPSA) is 3.24 Å². The first kappa shape index (κ1) is 21.0. The maximum atomic E-state index is 2.79. The summed E-state index contributed by atoms with van der Waals surface area (Å²) in [6.07, 6.45) is 16.6. The molecule has 0 amide bonds. The molecule has 21 heavy (non-hydrogen) atoms. The highest BCUT2D eigenvalue weighted by Crippen LogP contribution is 2.24. The van der Waals surface area contributed by atoms with Crippen LogP contribution in [0.15, 0.2) is 0 Å². The molecule has 0 rings (SSSR count). The van der Waals surface area contributed by atoms with E-state index in [1.165, 1.54) is 90.1 Å². The third-order valence-corrected chi connectivity index (χ3v) is 4.81. The molecule has 0 aromatic rings. The monoisotopic (exact) mass is 297 g/mol. The van der Waals surface area contributed by atoms with E-state index in [1.54, 1.807) is 0 Å². The Bertz CT molecular complexity index is 200. The fourth-order valence-corrected chi connectivity index (χ4v) is 3.14. The van der Waals surface area contributed by atoms with Crippen LogP contribution in [0.2, 0.25) is 0 Å². The van der Waals surface area contributed by atoms with Crippen LogP contribution in [0.25, 0.3) is 0 Å². The van der Waals surface area contributed by atoms with Crippen LogP contribution < -0.4 is 0 Å². The molecule has 0 heterocycles. The Hall–Kier alpha value is -0.0400. The molecule has 1 nitrogen and oxygen atoms in total. The van der Waals surface area contributed by atoms with Crippen LogP contribution in [0.3, 0.4) is 0 Å².